The molecule has 0 bridgehead atoms. The van der Waals surface area contributed by atoms with E-state index in [9.17, 15) is 4.79 Å². The number of aromatic nitrogens is 2. The average Bonchev–Trinajstić information content (AvgIpc) is 2.85. The molecule has 2 rings (SSSR count). The van der Waals surface area contributed by atoms with Crippen LogP contribution in [0.15, 0.2) is 10.9 Å². The standard InChI is InChI=1S/C8H9ClN2O/c9-4-6-3-7(12)11-8(10-6)5-1-2-5/h3,5H,1-2,4H2,(H,10,11,12). The highest BCUT2D eigenvalue weighted by molar-refractivity contribution is 6.16. The van der Waals surface area contributed by atoms with Gasteiger partial charge in [-0.15, -0.1) is 11.6 Å². The van der Waals surface area contributed by atoms with Gasteiger partial charge in [-0.25, -0.2) is 4.98 Å². The van der Waals surface area contributed by atoms with E-state index < -0.39 is 0 Å². The van der Waals surface area contributed by atoms with Crippen LogP contribution in [-0.4, -0.2) is 9.97 Å². The molecule has 1 N–H and O–H groups in total. The van der Waals surface area contributed by atoms with Gasteiger partial charge in [0.1, 0.15) is 5.82 Å². The molecule has 0 aliphatic heterocycles. The van der Waals surface area contributed by atoms with Crippen molar-refractivity contribution in [2.75, 3.05) is 0 Å². The molecular weight excluding hydrogens is 176 g/mol. The molecule has 1 fully saturated rings. The van der Waals surface area contributed by atoms with Crippen molar-refractivity contribution < 1.29 is 0 Å². The van der Waals surface area contributed by atoms with Crippen LogP contribution in [0, 0.1) is 0 Å². The molecule has 1 aliphatic rings. The number of rotatable bonds is 2. The Balaban J connectivity index is 2.41. The zero-order valence-corrected chi connectivity index (χ0v) is 7.27. The highest BCUT2D eigenvalue weighted by atomic mass is 35.5. The zero-order valence-electron chi connectivity index (χ0n) is 6.51. The lowest BCUT2D eigenvalue weighted by Crippen LogP contribution is -2.11. The second kappa shape index (κ2) is 2.90. The van der Waals surface area contributed by atoms with E-state index in [0.29, 0.717) is 17.5 Å². The molecule has 12 heavy (non-hydrogen) atoms. The third kappa shape index (κ3) is 1.50. The first-order chi connectivity index (χ1) is 5.79. The van der Waals surface area contributed by atoms with Crippen molar-refractivity contribution in [3.63, 3.8) is 0 Å². The van der Waals surface area contributed by atoms with Crippen molar-refractivity contribution >= 4 is 11.6 Å². The fraction of sp³-hybridized carbons (Fsp3) is 0.500. The summed E-state index contributed by atoms with van der Waals surface area (Å²) in [7, 11) is 0. The molecule has 0 unspecified atom stereocenters. The van der Waals surface area contributed by atoms with Gasteiger partial charge in [0.25, 0.3) is 5.56 Å². The second-order valence-electron chi connectivity index (χ2n) is 3.03. The highest BCUT2D eigenvalue weighted by Crippen LogP contribution is 2.37. The van der Waals surface area contributed by atoms with Crippen molar-refractivity contribution in [2.24, 2.45) is 0 Å². The lowest BCUT2D eigenvalue weighted by Gasteiger charge is -1.98. The van der Waals surface area contributed by atoms with Gasteiger partial charge in [-0.3, -0.25) is 4.79 Å². The topological polar surface area (TPSA) is 45.8 Å². The number of alkyl halides is 1. The van der Waals surface area contributed by atoms with Crippen LogP contribution < -0.4 is 5.56 Å². The van der Waals surface area contributed by atoms with Gasteiger partial charge in [0.05, 0.1) is 11.6 Å². The van der Waals surface area contributed by atoms with E-state index in [-0.39, 0.29) is 5.56 Å². The van der Waals surface area contributed by atoms with Gasteiger partial charge in [-0.1, -0.05) is 0 Å². The normalized spacial score (nSPS) is 16.4. The van der Waals surface area contributed by atoms with Crippen molar-refractivity contribution in [2.45, 2.75) is 24.6 Å². The number of hydrogen-bond acceptors (Lipinski definition) is 2. The van der Waals surface area contributed by atoms with E-state index in [0.717, 1.165) is 18.7 Å². The van der Waals surface area contributed by atoms with E-state index in [4.69, 9.17) is 11.6 Å². The zero-order chi connectivity index (χ0) is 8.55. The molecule has 0 amide bonds. The Morgan fingerprint density at radius 3 is 3.00 bits per heavy atom. The summed E-state index contributed by atoms with van der Waals surface area (Å²) in [6.45, 7) is 0. The van der Waals surface area contributed by atoms with E-state index in [1.807, 2.05) is 0 Å². The van der Waals surface area contributed by atoms with Gasteiger partial charge in [-0.2, -0.15) is 0 Å². The Bertz CT molecular complexity index is 343. The predicted molar refractivity (Wildman–Crippen MR) is 46.4 cm³/mol. The van der Waals surface area contributed by atoms with Crippen LogP contribution in [0.3, 0.4) is 0 Å². The Morgan fingerprint density at radius 1 is 1.67 bits per heavy atom. The van der Waals surface area contributed by atoms with Crippen LogP contribution >= 0.6 is 11.6 Å². The van der Waals surface area contributed by atoms with Crippen LogP contribution in [0.1, 0.15) is 30.3 Å². The number of hydrogen-bond donors (Lipinski definition) is 1. The molecule has 1 aromatic heterocycles. The Hall–Kier alpha value is -0.830. The van der Waals surface area contributed by atoms with Crippen molar-refractivity contribution in [1.29, 1.82) is 0 Å². The minimum absolute atomic E-state index is 0.0949. The van der Waals surface area contributed by atoms with Crippen LogP contribution in [0.25, 0.3) is 0 Å². The number of H-pyrrole nitrogens is 1. The summed E-state index contributed by atoms with van der Waals surface area (Å²) in [5.74, 6) is 1.59. The van der Waals surface area contributed by atoms with Crippen LogP contribution in [0.2, 0.25) is 0 Å². The van der Waals surface area contributed by atoms with Crippen LogP contribution in [0.4, 0.5) is 0 Å². The Labute approximate surface area is 74.8 Å². The van der Waals surface area contributed by atoms with Gasteiger partial charge in [0.15, 0.2) is 0 Å². The van der Waals surface area contributed by atoms with E-state index in [2.05, 4.69) is 9.97 Å². The molecule has 0 atom stereocenters. The van der Waals surface area contributed by atoms with Gasteiger partial charge in [0.2, 0.25) is 0 Å². The molecule has 0 aromatic carbocycles. The quantitative estimate of drug-likeness (QED) is 0.706. The first kappa shape index (κ1) is 7.80. The van der Waals surface area contributed by atoms with Crippen LogP contribution in [0.5, 0.6) is 0 Å². The van der Waals surface area contributed by atoms with Crippen LogP contribution in [-0.2, 0) is 5.88 Å². The number of aromatic amines is 1. The second-order valence-corrected chi connectivity index (χ2v) is 3.30. The summed E-state index contributed by atoms with van der Waals surface area (Å²) in [4.78, 5) is 18.0. The molecule has 0 saturated heterocycles. The third-order valence-corrected chi connectivity index (χ3v) is 2.19. The summed E-state index contributed by atoms with van der Waals surface area (Å²) >= 11 is 5.58. The molecule has 1 saturated carbocycles. The van der Waals surface area contributed by atoms with Crippen molar-refractivity contribution in [3.8, 4) is 0 Å². The number of halogens is 1. The SMILES string of the molecule is O=c1cc(CCl)nc(C2CC2)[nH]1. The molecule has 1 heterocycles. The minimum Gasteiger partial charge on any atom is -0.310 e. The molecule has 0 radical (unpaired) electrons. The number of nitrogens with one attached hydrogen (secondary N) is 1. The predicted octanol–water partition coefficient (Wildman–Crippen LogP) is 1.39. The lowest BCUT2D eigenvalue weighted by molar-refractivity contribution is 0.883. The Kier molecular flexibility index (Phi) is 1.89. The van der Waals surface area contributed by atoms with E-state index in [1.54, 1.807) is 0 Å². The summed E-state index contributed by atoms with van der Waals surface area (Å²) in [5.41, 5.74) is 0.574. The molecule has 4 heteroatoms. The maximum absolute atomic E-state index is 11.0. The fourth-order valence-corrected chi connectivity index (χ4v) is 1.28. The largest absolute Gasteiger partial charge is 0.310 e. The molecule has 1 aliphatic carbocycles. The van der Waals surface area contributed by atoms with Crippen molar-refractivity contribution in [3.05, 3.63) is 27.9 Å². The van der Waals surface area contributed by atoms with Gasteiger partial charge in [-0.05, 0) is 12.8 Å². The van der Waals surface area contributed by atoms with E-state index in [1.165, 1.54) is 6.07 Å². The summed E-state index contributed by atoms with van der Waals surface area (Å²) in [6.07, 6.45) is 2.27. The lowest BCUT2D eigenvalue weighted by atomic mass is 10.3. The Morgan fingerprint density at radius 2 is 2.42 bits per heavy atom. The third-order valence-electron chi connectivity index (χ3n) is 1.91. The van der Waals surface area contributed by atoms with Gasteiger partial charge >= 0.3 is 0 Å². The van der Waals surface area contributed by atoms with Crippen molar-refractivity contribution in [1.82, 2.24) is 9.97 Å². The molecule has 3 nitrogen and oxygen atoms in total. The minimum atomic E-state index is -0.0949. The number of nitrogens with zero attached hydrogens (tertiary/aromatic N) is 1. The summed E-state index contributed by atoms with van der Waals surface area (Å²) in [5, 5.41) is 0. The monoisotopic (exact) mass is 184 g/mol. The maximum atomic E-state index is 11.0. The van der Waals surface area contributed by atoms with Gasteiger partial charge in [0, 0.05) is 12.0 Å². The molecule has 1 aromatic rings. The van der Waals surface area contributed by atoms with E-state index >= 15 is 0 Å². The molecule has 64 valence electrons. The smallest absolute Gasteiger partial charge is 0.251 e. The molecular formula is C8H9ClN2O. The average molecular weight is 185 g/mol. The first-order valence-corrected chi connectivity index (χ1v) is 4.49. The fourth-order valence-electron chi connectivity index (χ4n) is 1.15. The highest BCUT2D eigenvalue weighted by Gasteiger charge is 2.26. The maximum Gasteiger partial charge on any atom is 0.251 e. The molecule has 0 spiro atoms. The summed E-state index contributed by atoms with van der Waals surface area (Å²) in [6, 6.07) is 1.44. The first-order valence-electron chi connectivity index (χ1n) is 3.95. The van der Waals surface area contributed by atoms with Gasteiger partial charge < -0.3 is 4.98 Å². The summed E-state index contributed by atoms with van der Waals surface area (Å²) < 4.78 is 0.